The number of nitrogens with one attached hydrogen (secondary N) is 1. The second-order valence-electron chi connectivity index (χ2n) is 7.02. The summed E-state index contributed by atoms with van der Waals surface area (Å²) in [5, 5.41) is 4.87. The molecule has 1 aliphatic rings. The van der Waals surface area contributed by atoms with Crippen LogP contribution in [0, 0.1) is 6.92 Å². The third-order valence-electron chi connectivity index (χ3n) is 4.73. The maximum absolute atomic E-state index is 4.73. The molecule has 1 aromatic carbocycles. The molecule has 4 rings (SSSR count). The average molecular weight is 353 g/mol. The van der Waals surface area contributed by atoms with Crippen LogP contribution in [0.4, 0.5) is 5.82 Å². The lowest BCUT2D eigenvalue weighted by Gasteiger charge is -2.15. The minimum absolute atomic E-state index is 0.792. The van der Waals surface area contributed by atoms with E-state index < -0.39 is 0 Å². The molecule has 0 saturated heterocycles. The highest BCUT2D eigenvalue weighted by atomic mass is 32.1. The highest BCUT2D eigenvalue weighted by Crippen LogP contribution is 2.39. The second kappa shape index (κ2) is 6.73. The lowest BCUT2D eigenvalue weighted by atomic mass is 10.1. The molecule has 2 aromatic heterocycles. The Bertz CT molecular complexity index is 913. The molecule has 1 N–H and O–H groups in total. The first-order valence-electron chi connectivity index (χ1n) is 8.86. The van der Waals surface area contributed by atoms with Crippen LogP contribution in [0.5, 0.6) is 0 Å². The van der Waals surface area contributed by atoms with Gasteiger partial charge in [-0.3, -0.25) is 0 Å². The molecule has 0 unspecified atom stereocenters. The lowest BCUT2D eigenvalue weighted by Crippen LogP contribution is -2.14. The fourth-order valence-corrected chi connectivity index (χ4v) is 4.94. The summed E-state index contributed by atoms with van der Waals surface area (Å²) in [7, 11) is 4.21. The van der Waals surface area contributed by atoms with E-state index in [1.807, 2.05) is 18.3 Å². The number of anilines is 1. The SMILES string of the molecule is Cc1nc(NCc2ccccc2CN(C)C)c2c3c(sc2n1)CCC3. The molecular weight excluding hydrogens is 328 g/mol. The topological polar surface area (TPSA) is 41.1 Å². The summed E-state index contributed by atoms with van der Waals surface area (Å²) >= 11 is 1.85. The quantitative estimate of drug-likeness (QED) is 0.748. The zero-order valence-corrected chi connectivity index (χ0v) is 15.9. The molecule has 5 heteroatoms. The van der Waals surface area contributed by atoms with Crippen molar-refractivity contribution in [1.82, 2.24) is 14.9 Å². The van der Waals surface area contributed by atoms with Crippen LogP contribution in [0.2, 0.25) is 0 Å². The van der Waals surface area contributed by atoms with Crippen molar-refractivity contribution in [1.29, 1.82) is 0 Å². The van der Waals surface area contributed by atoms with E-state index in [1.165, 1.54) is 39.8 Å². The first-order chi connectivity index (χ1) is 12.1. The van der Waals surface area contributed by atoms with Crippen LogP contribution in [0.1, 0.15) is 33.8 Å². The van der Waals surface area contributed by atoms with E-state index in [9.17, 15) is 0 Å². The molecule has 0 aliphatic heterocycles. The van der Waals surface area contributed by atoms with Gasteiger partial charge in [-0.05, 0) is 57.0 Å². The number of aromatic nitrogens is 2. The zero-order valence-electron chi connectivity index (χ0n) is 15.1. The van der Waals surface area contributed by atoms with Crippen molar-refractivity contribution in [3.05, 3.63) is 51.7 Å². The Balaban J connectivity index is 1.66. The molecule has 2 heterocycles. The molecule has 25 heavy (non-hydrogen) atoms. The summed E-state index contributed by atoms with van der Waals surface area (Å²) in [5.41, 5.74) is 4.16. The fourth-order valence-electron chi connectivity index (χ4n) is 3.63. The molecule has 4 nitrogen and oxygen atoms in total. The maximum Gasteiger partial charge on any atom is 0.139 e. The lowest BCUT2D eigenvalue weighted by molar-refractivity contribution is 0.401. The molecule has 0 fully saturated rings. The van der Waals surface area contributed by atoms with Crippen molar-refractivity contribution < 1.29 is 0 Å². The summed E-state index contributed by atoms with van der Waals surface area (Å²) in [5.74, 6) is 1.85. The number of nitrogens with zero attached hydrogens (tertiary/aromatic N) is 3. The van der Waals surface area contributed by atoms with Crippen molar-refractivity contribution in [2.24, 2.45) is 0 Å². The highest BCUT2D eigenvalue weighted by molar-refractivity contribution is 7.19. The molecule has 1 aliphatic carbocycles. The first-order valence-corrected chi connectivity index (χ1v) is 9.67. The largest absolute Gasteiger partial charge is 0.365 e. The number of benzene rings is 1. The molecule has 130 valence electrons. The summed E-state index contributed by atoms with van der Waals surface area (Å²) < 4.78 is 0. The van der Waals surface area contributed by atoms with Crippen LogP contribution in [-0.2, 0) is 25.9 Å². The summed E-state index contributed by atoms with van der Waals surface area (Å²) in [4.78, 5) is 14.3. The van der Waals surface area contributed by atoms with E-state index in [0.29, 0.717) is 0 Å². The van der Waals surface area contributed by atoms with E-state index >= 15 is 0 Å². The van der Waals surface area contributed by atoms with Crippen LogP contribution in [0.25, 0.3) is 10.2 Å². The Hall–Kier alpha value is -1.98. The molecular formula is C20H24N4S. The van der Waals surface area contributed by atoms with E-state index in [4.69, 9.17) is 4.98 Å². The molecule has 0 radical (unpaired) electrons. The minimum atomic E-state index is 0.792. The average Bonchev–Trinajstić information content (AvgIpc) is 3.13. The van der Waals surface area contributed by atoms with Crippen LogP contribution in [-0.4, -0.2) is 29.0 Å². The smallest absolute Gasteiger partial charge is 0.139 e. The van der Waals surface area contributed by atoms with Gasteiger partial charge < -0.3 is 10.2 Å². The minimum Gasteiger partial charge on any atom is -0.365 e. The molecule has 0 spiro atoms. The van der Waals surface area contributed by atoms with Gasteiger partial charge in [0.2, 0.25) is 0 Å². The van der Waals surface area contributed by atoms with Gasteiger partial charge in [0.25, 0.3) is 0 Å². The third-order valence-corrected chi connectivity index (χ3v) is 5.91. The number of rotatable bonds is 5. The van der Waals surface area contributed by atoms with Crippen molar-refractivity contribution >= 4 is 27.4 Å². The molecule has 0 atom stereocenters. The van der Waals surface area contributed by atoms with Gasteiger partial charge in [-0.1, -0.05) is 24.3 Å². The van der Waals surface area contributed by atoms with Crippen LogP contribution in [0.3, 0.4) is 0 Å². The van der Waals surface area contributed by atoms with Crippen molar-refractivity contribution in [2.75, 3.05) is 19.4 Å². The molecule has 0 amide bonds. The Morgan fingerprint density at radius 2 is 1.92 bits per heavy atom. The van der Waals surface area contributed by atoms with Gasteiger partial charge in [0.1, 0.15) is 16.5 Å². The van der Waals surface area contributed by atoms with E-state index in [-0.39, 0.29) is 0 Å². The van der Waals surface area contributed by atoms with Gasteiger partial charge in [0.15, 0.2) is 0 Å². The Kier molecular flexibility index (Phi) is 4.44. The van der Waals surface area contributed by atoms with E-state index in [2.05, 4.69) is 53.6 Å². The number of thiophene rings is 1. The first kappa shape index (κ1) is 16.5. The van der Waals surface area contributed by atoms with Gasteiger partial charge >= 0.3 is 0 Å². The zero-order chi connectivity index (χ0) is 17.4. The maximum atomic E-state index is 4.73. The summed E-state index contributed by atoms with van der Waals surface area (Å²) in [6.07, 6.45) is 3.62. The molecule has 3 aromatic rings. The van der Waals surface area contributed by atoms with Gasteiger partial charge in [-0.2, -0.15) is 0 Å². The van der Waals surface area contributed by atoms with Gasteiger partial charge in [0, 0.05) is 18.0 Å². The molecule has 0 saturated carbocycles. The van der Waals surface area contributed by atoms with Crippen molar-refractivity contribution in [3.63, 3.8) is 0 Å². The predicted molar refractivity (Wildman–Crippen MR) is 105 cm³/mol. The summed E-state index contributed by atoms with van der Waals surface area (Å²) in [6, 6.07) is 8.63. The second-order valence-corrected chi connectivity index (χ2v) is 8.10. The van der Waals surface area contributed by atoms with Gasteiger partial charge in [0.05, 0.1) is 5.39 Å². The number of hydrogen-bond donors (Lipinski definition) is 1. The standard InChI is InChI=1S/C20H24N4S/c1-13-22-19(18-16-9-6-10-17(16)25-20(18)23-13)21-11-14-7-4-5-8-15(14)12-24(2)3/h4-5,7-8H,6,9-12H2,1-3H3,(H,21,22,23). The number of aryl methyl sites for hydroxylation is 3. The van der Waals surface area contributed by atoms with Crippen LogP contribution >= 0.6 is 11.3 Å². The summed E-state index contributed by atoms with van der Waals surface area (Å²) in [6.45, 7) is 3.72. The van der Waals surface area contributed by atoms with Gasteiger partial charge in [-0.15, -0.1) is 11.3 Å². The number of hydrogen-bond acceptors (Lipinski definition) is 5. The highest BCUT2D eigenvalue weighted by Gasteiger charge is 2.21. The Morgan fingerprint density at radius 3 is 2.72 bits per heavy atom. The van der Waals surface area contributed by atoms with Crippen LogP contribution < -0.4 is 5.32 Å². The van der Waals surface area contributed by atoms with Crippen molar-refractivity contribution in [2.45, 2.75) is 39.3 Å². The Labute approximate surface area is 152 Å². The predicted octanol–water partition coefficient (Wildman–Crippen LogP) is 4.16. The number of fused-ring (bicyclic) bond motifs is 3. The van der Waals surface area contributed by atoms with E-state index in [0.717, 1.165) is 36.0 Å². The third kappa shape index (κ3) is 3.26. The van der Waals surface area contributed by atoms with Crippen LogP contribution in [0.15, 0.2) is 24.3 Å². The monoisotopic (exact) mass is 352 g/mol. The molecule has 0 bridgehead atoms. The van der Waals surface area contributed by atoms with E-state index in [1.54, 1.807) is 0 Å². The van der Waals surface area contributed by atoms with Gasteiger partial charge in [-0.25, -0.2) is 9.97 Å². The van der Waals surface area contributed by atoms with Crippen molar-refractivity contribution in [3.8, 4) is 0 Å². The Morgan fingerprint density at radius 1 is 1.12 bits per heavy atom. The normalized spacial score (nSPS) is 13.6. The fraction of sp³-hybridized carbons (Fsp3) is 0.400.